The third kappa shape index (κ3) is 3.85. The Morgan fingerprint density at radius 2 is 1.10 bits per heavy atom. The lowest BCUT2D eigenvalue weighted by Crippen LogP contribution is -2.12. The topological polar surface area (TPSA) is 77.3 Å². The lowest BCUT2D eigenvalue weighted by molar-refractivity contribution is -0.385. The molecule has 0 unspecified atom stereocenters. The minimum Gasteiger partial charge on any atom is -0.288 e. The lowest BCUT2D eigenvalue weighted by atomic mass is 9.93. The molecule has 0 aliphatic carbocycles. The molecule has 146 valence electrons. The van der Waals surface area contributed by atoms with Crippen molar-refractivity contribution in [2.45, 2.75) is 27.7 Å². The maximum atomic E-state index is 13.0. The number of rotatable bonds is 5. The fourth-order valence-corrected chi connectivity index (χ4v) is 3.18. The minimum absolute atomic E-state index is 0.0899. The number of hydrogen-bond acceptors (Lipinski definition) is 4. The summed E-state index contributed by atoms with van der Waals surface area (Å²) in [5.41, 5.74) is 3.95. The zero-order chi connectivity index (χ0) is 21.3. The molecule has 5 heteroatoms. The van der Waals surface area contributed by atoms with Gasteiger partial charge in [0.05, 0.1) is 4.92 Å². The molecule has 0 spiro atoms. The molecule has 0 saturated carbocycles. The molecule has 0 aliphatic heterocycles. The highest BCUT2D eigenvalue weighted by molar-refractivity contribution is 6.17. The molecule has 0 bridgehead atoms. The van der Waals surface area contributed by atoms with Crippen LogP contribution in [0.15, 0.2) is 54.6 Å². The standard InChI is InChI=1S/C24H21NO4/c1-14-8-10-18(12-16(14)3)23(26)20-6-5-7-21(22(20)25(28)29)24(27)19-11-9-15(2)17(4)13-19/h5-13H,1-4H3. The quantitative estimate of drug-likeness (QED) is 0.338. The van der Waals surface area contributed by atoms with Crippen LogP contribution in [0.3, 0.4) is 0 Å². The number of carbonyl (C=O) groups is 2. The number of hydrogen-bond donors (Lipinski definition) is 0. The van der Waals surface area contributed by atoms with Gasteiger partial charge in [0.25, 0.3) is 5.69 Å². The van der Waals surface area contributed by atoms with Gasteiger partial charge in [-0.25, -0.2) is 0 Å². The largest absolute Gasteiger partial charge is 0.291 e. The van der Waals surface area contributed by atoms with Gasteiger partial charge in [0.1, 0.15) is 11.1 Å². The second-order valence-electron chi connectivity index (χ2n) is 7.22. The molecule has 0 amide bonds. The molecule has 0 heterocycles. The highest BCUT2D eigenvalue weighted by Crippen LogP contribution is 2.29. The monoisotopic (exact) mass is 387 g/mol. The van der Waals surface area contributed by atoms with Crippen LogP contribution in [0.4, 0.5) is 5.69 Å². The van der Waals surface area contributed by atoms with E-state index in [9.17, 15) is 19.7 Å². The van der Waals surface area contributed by atoms with E-state index in [0.717, 1.165) is 22.3 Å². The number of benzene rings is 3. The van der Waals surface area contributed by atoms with Crippen molar-refractivity contribution in [1.82, 2.24) is 0 Å². The van der Waals surface area contributed by atoms with E-state index < -0.39 is 22.2 Å². The van der Waals surface area contributed by atoms with Crippen molar-refractivity contribution in [2.75, 3.05) is 0 Å². The second kappa shape index (κ2) is 7.80. The van der Waals surface area contributed by atoms with Crippen LogP contribution >= 0.6 is 0 Å². The van der Waals surface area contributed by atoms with Gasteiger partial charge in [-0.05, 0) is 74.2 Å². The van der Waals surface area contributed by atoms with Crippen molar-refractivity contribution >= 4 is 17.3 Å². The Labute approximate surface area is 169 Å². The average Bonchev–Trinajstić information content (AvgIpc) is 2.70. The van der Waals surface area contributed by atoms with E-state index in [-0.39, 0.29) is 11.1 Å². The lowest BCUT2D eigenvalue weighted by Gasteiger charge is -2.09. The highest BCUT2D eigenvalue weighted by Gasteiger charge is 2.29. The first-order chi connectivity index (χ1) is 13.7. The molecule has 0 aliphatic rings. The fraction of sp³-hybridized carbons (Fsp3) is 0.167. The first kappa shape index (κ1) is 20.1. The number of nitro groups is 1. The SMILES string of the molecule is Cc1ccc(C(=O)c2cccc(C(=O)c3ccc(C)c(C)c3)c2[N+](=O)[O-])cc1C. The van der Waals surface area contributed by atoms with E-state index in [4.69, 9.17) is 0 Å². The predicted molar refractivity (Wildman–Crippen MR) is 112 cm³/mol. The van der Waals surface area contributed by atoms with Crippen LogP contribution in [0.2, 0.25) is 0 Å². The summed E-state index contributed by atoms with van der Waals surface area (Å²) in [7, 11) is 0. The molecule has 3 aromatic carbocycles. The van der Waals surface area contributed by atoms with Crippen molar-refractivity contribution in [3.05, 3.63) is 109 Å². The van der Waals surface area contributed by atoms with Gasteiger partial charge >= 0.3 is 0 Å². The van der Waals surface area contributed by atoms with Gasteiger partial charge in [0.15, 0.2) is 11.6 Å². The average molecular weight is 387 g/mol. The molecule has 0 fully saturated rings. The van der Waals surface area contributed by atoms with Crippen LogP contribution in [0.25, 0.3) is 0 Å². The molecule has 5 nitrogen and oxygen atoms in total. The van der Waals surface area contributed by atoms with Crippen LogP contribution in [0.5, 0.6) is 0 Å². The van der Waals surface area contributed by atoms with Crippen molar-refractivity contribution in [2.24, 2.45) is 0 Å². The molecule has 0 N–H and O–H groups in total. The minimum atomic E-state index is -0.650. The summed E-state index contributed by atoms with van der Waals surface area (Å²) in [6, 6.07) is 14.6. The van der Waals surface area contributed by atoms with Crippen LogP contribution in [0, 0.1) is 37.8 Å². The van der Waals surface area contributed by atoms with Crippen LogP contribution < -0.4 is 0 Å². The van der Waals surface area contributed by atoms with Gasteiger partial charge < -0.3 is 0 Å². The van der Waals surface area contributed by atoms with Gasteiger partial charge in [-0.1, -0.05) is 30.3 Å². The van der Waals surface area contributed by atoms with Gasteiger partial charge in [-0.15, -0.1) is 0 Å². The van der Waals surface area contributed by atoms with E-state index in [2.05, 4.69) is 0 Å². The van der Waals surface area contributed by atoms with E-state index in [1.54, 1.807) is 36.4 Å². The summed E-state index contributed by atoms with van der Waals surface area (Å²) in [4.78, 5) is 37.3. The molecule has 29 heavy (non-hydrogen) atoms. The van der Waals surface area contributed by atoms with E-state index in [1.807, 2.05) is 27.7 Å². The first-order valence-corrected chi connectivity index (χ1v) is 9.22. The number of carbonyl (C=O) groups excluding carboxylic acids is 2. The zero-order valence-electron chi connectivity index (χ0n) is 16.8. The summed E-state index contributed by atoms with van der Waals surface area (Å²) >= 11 is 0. The predicted octanol–water partition coefficient (Wildman–Crippen LogP) is 5.29. The maximum Gasteiger partial charge on any atom is 0.291 e. The molecule has 0 radical (unpaired) electrons. The van der Waals surface area contributed by atoms with E-state index in [1.165, 1.54) is 18.2 Å². The summed E-state index contributed by atoms with van der Waals surface area (Å²) in [6.45, 7) is 7.60. The zero-order valence-corrected chi connectivity index (χ0v) is 16.8. The number of nitro benzene ring substituents is 1. The Bertz CT molecular complexity index is 1080. The van der Waals surface area contributed by atoms with Crippen LogP contribution in [-0.2, 0) is 0 Å². The van der Waals surface area contributed by atoms with Crippen molar-refractivity contribution in [3.8, 4) is 0 Å². The first-order valence-electron chi connectivity index (χ1n) is 9.22. The molecular formula is C24H21NO4. The fourth-order valence-electron chi connectivity index (χ4n) is 3.18. The highest BCUT2D eigenvalue weighted by atomic mass is 16.6. The Hall–Kier alpha value is -3.60. The van der Waals surface area contributed by atoms with Gasteiger partial charge in [0, 0.05) is 11.1 Å². The smallest absolute Gasteiger partial charge is 0.288 e. The number of aryl methyl sites for hydroxylation is 4. The van der Waals surface area contributed by atoms with Crippen LogP contribution in [-0.4, -0.2) is 16.5 Å². The Balaban J connectivity index is 2.14. The van der Waals surface area contributed by atoms with Gasteiger partial charge in [-0.2, -0.15) is 0 Å². The Morgan fingerprint density at radius 1 is 0.690 bits per heavy atom. The molecule has 3 aromatic rings. The molecule has 0 saturated heterocycles. The molecular weight excluding hydrogens is 366 g/mol. The van der Waals surface area contributed by atoms with Crippen LogP contribution in [0.1, 0.15) is 54.1 Å². The third-order valence-electron chi connectivity index (χ3n) is 5.25. The summed E-state index contributed by atoms with van der Waals surface area (Å²) in [5.74, 6) is -0.955. The summed E-state index contributed by atoms with van der Waals surface area (Å²) < 4.78 is 0. The Morgan fingerprint density at radius 3 is 1.45 bits per heavy atom. The Kier molecular flexibility index (Phi) is 5.41. The normalized spacial score (nSPS) is 10.6. The van der Waals surface area contributed by atoms with E-state index >= 15 is 0 Å². The number of nitrogens with zero attached hydrogens (tertiary/aromatic N) is 1. The number of para-hydroxylation sites is 1. The molecule has 0 aromatic heterocycles. The van der Waals surface area contributed by atoms with Gasteiger partial charge in [0.2, 0.25) is 0 Å². The maximum absolute atomic E-state index is 13.0. The molecule has 0 atom stereocenters. The third-order valence-corrected chi connectivity index (χ3v) is 5.25. The second-order valence-corrected chi connectivity index (χ2v) is 7.22. The molecule has 3 rings (SSSR count). The summed E-state index contributed by atoms with van der Waals surface area (Å²) in [5, 5.41) is 11.9. The van der Waals surface area contributed by atoms with E-state index in [0.29, 0.717) is 11.1 Å². The van der Waals surface area contributed by atoms with Crippen molar-refractivity contribution in [3.63, 3.8) is 0 Å². The van der Waals surface area contributed by atoms with Gasteiger partial charge in [-0.3, -0.25) is 19.7 Å². The number of ketones is 2. The van der Waals surface area contributed by atoms with Crippen molar-refractivity contribution < 1.29 is 14.5 Å². The summed E-state index contributed by atoms with van der Waals surface area (Å²) in [6.07, 6.45) is 0. The van der Waals surface area contributed by atoms with Crippen molar-refractivity contribution in [1.29, 1.82) is 0 Å².